The quantitative estimate of drug-likeness (QED) is 0.290. The average Bonchev–Trinajstić information content (AvgIpc) is 3.44. The van der Waals surface area contributed by atoms with Crippen LogP contribution < -0.4 is 10.1 Å². The molecule has 2 heterocycles. The monoisotopic (exact) mass is 571 g/mol. The molecule has 0 saturated carbocycles. The number of methoxy groups -OCH3 is 1. The number of aromatic nitrogens is 4. The van der Waals surface area contributed by atoms with Gasteiger partial charge in [0.25, 0.3) is 5.91 Å². The van der Waals surface area contributed by atoms with Gasteiger partial charge in [-0.1, -0.05) is 45.7 Å². The van der Waals surface area contributed by atoms with E-state index in [-0.39, 0.29) is 18.3 Å². The van der Waals surface area contributed by atoms with Gasteiger partial charge in [-0.15, -0.1) is 0 Å². The fourth-order valence-electron chi connectivity index (χ4n) is 3.62. The van der Waals surface area contributed by atoms with Crippen molar-refractivity contribution in [2.24, 2.45) is 0 Å². The van der Waals surface area contributed by atoms with Crippen molar-refractivity contribution in [1.29, 1.82) is 0 Å². The molecule has 4 rings (SSSR count). The third-order valence-corrected chi connectivity index (χ3v) is 6.27. The van der Waals surface area contributed by atoms with E-state index in [4.69, 9.17) is 21.1 Å². The summed E-state index contributed by atoms with van der Waals surface area (Å²) in [5.41, 5.74) is 3.43. The molecule has 4 aromatic rings. The first-order valence-corrected chi connectivity index (χ1v) is 12.1. The summed E-state index contributed by atoms with van der Waals surface area (Å²) < 4.78 is 14.7. The number of carbonyl (C=O) groups is 2. The lowest BCUT2D eigenvalue weighted by Crippen LogP contribution is -2.15. The number of esters is 1. The van der Waals surface area contributed by atoms with E-state index in [9.17, 15) is 9.59 Å². The number of halogens is 2. The number of benzene rings is 2. The Labute approximate surface area is 221 Å². The predicted molar refractivity (Wildman–Crippen MR) is 139 cm³/mol. The van der Waals surface area contributed by atoms with Gasteiger partial charge in [0.15, 0.2) is 12.4 Å². The Morgan fingerprint density at radius 2 is 1.89 bits per heavy atom. The smallest absolute Gasteiger partial charge is 0.338 e. The molecule has 1 amide bonds. The van der Waals surface area contributed by atoms with Crippen molar-refractivity contribution < 1.29 is 19.1 Å². The van der Waals surface area contributed by atoms with E-state index < -0.39 is 5.97 Å². The lowest BCUT2D eigenvalue weighted by Gasteiger charge is -2.10. The molecule has 0 bridgehead atoms. The molecule has 0 aliphatic heterocycles. The number of nitrogens with zero attached hydrogens (tertiary/aromatic N) is 4. The van der Waals surface area contributed by atoms with E-state index in [1.54, 1.807) is 48.1 Å². The maximum absolute atomic E-state index is 12.9. The lowest BCUT2D eigenvalue weighted by atomic mass is 10.1. The van der Waals surface area contributed by atoms with Crippen LogP contribution in [0, 0.1) is 13.8 Å². The van der Waals surface area contributed by atoms with Crippen molar-refractivity contribution >= 4 is 45.1 Å². The van der Waals surface area contributed by atoms with E-state index in [2.05, 4.69) is 31.4 Å². The van der Waals surface area contributed by atoms with Crippen LogP contribution >= 0.6 is 27.5 Å². The highest BCUT2D eigenvalue weighted by atomic mass is 79.9. The molecule has 0 spiro atoms. The van der Waals surface area contributed by atoms with E-state index in [0.29, 0.717) is 34.3 Å². The Morgan fingerprint density at radius 1 is 1.11 bits per heavy atom. The summed E-state index contributed by atoms with van der Waals surface area (Å²) in [4.78, 5) is 25.0. The zero-order valence-corrected chi connectivity index (χ0v) is 22.1. The van der Waals surface area contributed by atoms with Gasteiger partial charge in [-0.05, 0) is 49.7 Å². The van der Waals surface area contributed by atoms with Crippen molar-refractivity contribution in [3.05, 3.63) is 92.4 Å². The first kappa shape index (κ1) is 25.5. The second-order valence-electron chi connectivity index (χ2n) is 7.89. The molecule has 1 N–H and O–H groups in total. The molecule has 0 aliphatic carbocycles. The fourth-order valence-corrected chi connectivity index (χ4v) is 4.35. The lowest BCUT2D eigenvalue weighted by molar-refractivity contribution is 0.0599. The minimum Gasteiger partial charge on any atom is -0.470 e. The molecule has 36 heavy (non-hydrogen) atoms. The third-order valence-electron chi connectivity index (χ3n) is 5.48. The molecule has 0 aliphatic rings. The van der Waals surface area contributed by atoms with Gasteiger partial charge >= 0.3 is 5.97 Å². The van der Waals surface area contributed by atoms with Crippen LogP contribution in [0.2, 0.25) is 5.02 Å². The average molecular weight is 573 g/mol. The second kappa shape index (κ2) is 11.0. The Balaban J connectivity index is 1.45. The maximum Gasteiger partial charge on any atom is 0.338 e. The molecule has 9 nitrogen and oxygen atoms in total. The Morgan fingerprint density at radius 3 is 2.64 bits per heavy atom. The van der Waals surface area contributed by atoms with Crippen LogP contribution in [0.3, 0.4) is 0 Å². The molecular formula is C25H23BrClN5O4. The van der Waals surface area contributed by atoms with Crippen molar-refractivity contribution in [2.45, 2.75) is 27.1 Å². The first-order valence-electron chi connectivity index (χ1n) is 10.9. The van der Waals surface area contributed by atoms with Crippen LogP contribution in [-0.2, 0) is 18.0 Å². The van der Waals surface area contributed by atoms with Crippen molar-refractivity contribution in [2.75, 3.05) is 12.4 Å². The van der Waals surface area contributed by atoms with Crippen LogP contribution in [0.15, 0.2) is 59.2 Å². The minimum atomic E-state index is -0.414. The van der Waals surface area contributed by atoms with Crippen LogP contribution in [0.5, 0.6) is 5.75 Å². The standard InChI is InChI=1S/C25H23BrClN5O4/c1-15-23(16(2)32(29-15)13-17-6-4-5-7-19(17)25(34)35-3)28-24(33)21-10-11-31(30-21)14-36-22-9-8-18(26)12-20(22)27/h4-12H,13-14H2,1-3H3,(H,28,33). The summed E-state index contributed by atoms with van der Waals surface area (Å²) in [6, 6.07) is 14.1. The number of amides is 1. The molecule has 2 aromatic heterocycles. The number of carbonyl (C=O) groups excluding carboxylic acids is 2. The molecule has 0 fully saturated rings. The molecule has 0 saturated heterocycles. The van der Waals surface area contributed by atoms with Crippen molar-refractivity contribution in [3.63, 3.8) is 0 Å². The van der Waals surface area contributed by atoms with Crippen LogP contribution in [0.1, 0.15) is 37.8 Å². The number of rotatable bonds is 8. The number of hydrogen-bond acceptors (Lipinski definition) is 6. The van der Waals surface area contributed by atoms with Gasteiger partial charge in [0.2, 0.25) is 0 Å². The number of ether oxygens (including phenoxy) is 2. The summed E-state index contributed by atoms with van der Waals surface area (Å²) in [5, 5.41) is 12.2. The minimum absolute atomic E-state index is 0.0875. The Kier molecular flexibility index (Phi) is 7.76. The van der Waals surface area contributed by atoms with Crippen molar-refractivity contribution in [3.8, 4) is 5.75 Å². The van der Waals surface area contributed by atoms with Crippen LogP contribution in [-0.4, -0.2) is 38.5 Å². The van der Waals surface area contributed by atoms with Gasteiger partial charge in [-0.25, -0.2) is 9.48 Å². The molecule has 0 radical (unpaired) electrons. The summed E-state index contributed by atoms with van der Waals surface area (Å²) in [6.45, 7) is 4.09. The van der Waals surface area contributed by atoms with E-state index >= 15 is 0 Å². The third kappa shape index (κ3) is 5.60. The molecule has 0 unspecified atom stereocenters. The fraction of sp³-hybridized carbons (Fsp3) is 0.200. The zero-order chi connectivity index (χ0) is 25.8. The van der Waals surface area contributed by atoms with Gasteiger partial charge < -0.3 is 14.8 Å². The number of hydrogen-bond donors (Lipinski definition) is 1. The van der Waals surface area contributed by atoms with E-state index in [0.717, 1.165) is 15.7 Å². The van der Waals surface area contributed by atoms with Crippen LogP contribution in [0.4, 0.5) is 5.69 Å². The summed E-state index contributed by atoms with van der Waals surface area (Å²) in [6.07, 6.45) is 1.65. The Bertz CT molecular complexity index is 1430. The summed E-state index contributed by atoms with van der Waals surface area (Å²) in [7, 11) is 1.35. The van der Waals surface area contributed by atoms with Gasteiger partial charge in [-0.2, -0.15) is 10.2 Å². The molecule has 2 aromatic carbocycles. The number of nitrogens with one attached hydrogen (secondary N) is 1. The zero-order valence-electron chi connectivity index (χ0n) is 19.8. The molecule has 0 atom stereocenters. The SMILES string of the molecule is COC(=O)c1ccccc1Cn1nc(C)c(NC(=O)c2ccn(COc3ccc(Br)cc3Cl)n2)c1C. The van der Waals surface area contributed by atoms with Crippen molar-refractivity contribution in [1.82, 2.24) is 19.6 Å². The van der Waals surface area contributed by atoms with Gasteiger partial charge in [0.05, 0.1) is 41.3 Å². The van der Waals surface area contributed by atoms with Gasteiger partial charge in [-0.3, -0.25) is 9.48 Å². The normalized spacial score (nSPS) is 10.8. The largest absolute Gasteiger partial charge is 0.470 e. The first-order chi connectivity index (χ1) is 17.3. The van der Waals surface area contributed by atoms with Crippen LogP contribution in [0.25, 0.3) is 0 Å². The van der Waals surface area contributed by atoms with E-state index in [1.165, 1.54) is 11.8 Å². The number of anilines is 1. The summed E-state index contributed by atoms with van der Waals surface area (Å²) in [5.74, 6) is -0.285. The highest BCUT2D eigenvalue weighted by Gasteiger charge is 2.19. The Hall–Kier alpha value is -3.63. The highest BCUT2D eigenvalue weighted by Crippen LogP contribution is 2.28. The molecular weight excluding hydrogens is 550 g/mol. The highest BCUT2D eigenvalue weighted by molar-refractivity contribution is 9.10. The number of aryl methyl sites for hydroxylation is 1. The topological polar surface area (TPSA) is 100 Å². The molecule has 186 valence electrons. The predicted octanol–water partition coefficient (Wildman–Crippen LogP) is 5.24. The van der Waals surface area contributed by atoms with E-state index in [1.807, 2.05) is 25.1 Å². The second-order valence-corrected chi connectivity index (χ2v) is 9.22. The molecule has 11 heteroatoms. The maximum atomic E-state index is 12.9. The van der Waals surface area contributed by atoms with Gasteiger partial charge in [0.1, 0.15) is 5.75 Å². The summed E-state index contributed by atoms with van der Waals surface area (Å²) >= 11 is 9.53. The van der Waals surface area contributed by atoms with Gasteiger partial charge in [0, 0.05) is 10.7 Å².